The first-order valence-electron chi connectivity index (χ1n) is 11.7. The van der Waals surface area contributed by atoms with E-state index in [-0.39, 0.29) is 5.78 Å². The molecule has 1 spiro atoms. The van der Waals surface area contributed by atoms with Crippen molar-refractivity contribution in [2.75, 3.05) is 5.32 Å². The molecule has 2 heterocycles. The molecule has 176 valence electrons. The topological polar surface area (TPSA) is 77.0 Å². The van der Waals surface area contributed by atoms with Crippen LogP contribution in [0.15, 0.2) is 114 Å². The number of amides is 1. The average Bonchev–Trinajstić information content (AvgIpc) is 3.47. The monoisotopic (exact) mass is 474 g/mol. The van der Waals surface area contributed by atoms with Gasteiger partial charge in [0.1, 0.15) is 24.0 Å². The van der Waals surface area contributed by atoms with Crippen LogP contribution in [0.5, 0.6) is 5.75 Å². The van der Waals surface area contributed by atoms with Gasteiger partial charge in [-0.3, -0.25) is 9.59 Å². The van der Waals surface area contributed by atoms with Gasteiger partial charge in [-0.2, -0.15) is 0 Å². The van der Waals surface area contributed by atoms with E-state index in [1.54, 1.807) is 36.4 Å². The number of hydrogen-bond donors (Lipinski definition) is 1. The van der Waals surface area contributed by atoms with E-state index in [0.717, 1.165) is 5.56 Å². The first kappa shape index (κ1) is 21.8. The lowest BCUT2D eigenvalue weighted by atomic mass is 9.74. The zero-order valence-electron chi connectivity index (χ0n) is 19.3. The molecule has 0 aliphatic carbocycles. The fourth-order valence-corrected chi connectivity index (χ4v) is 4.81. The summed E-state index contributed by atoms with van der Waals surface area (Å²) in [4.78, 5) is 33.2. The number of hydrogen-bond acceptors (Lipinski definition) is 5. The van der Waals surface area contributed by atoms with Crippen molar-refractivity contribution < 1.29 is 19.2 Å². The normalized spacial score (nSPS) is 19.8. The Morgan fingerprint density at radius 1 is 0.861 bits per heavy atom. The molecule has 4 aromatic carbocycles. The van der Waals surface area contributed by atoms with Gasteiger partial charge in [0.25, 0.3) is 11.5 Å². The Morgan fingerprint density at radius 3 is 2.28 bits per heavy atom. The predicted molar refractivity (Wildman–Crippen MR) is 136 cm³/mol. The van der Waals surface area contributed by atoms with Crippen molar-refractivity contribution in [3.63, 3.8) is 0 Å². The molecule has 2 aliphatic heterocycles. The summed E-state index contributed by atoms with van der Waals surface area (Å²) in [5.41, 5.74) is 2.30. The van der Waals surface area contributed by atoms with E-state index in [9.17, 15) is 9.59 Å². The van der Waals surface area contributed by atoms with Crippen LogP contribution in [0, 0.1) is 5.92 Å². The van der Waals surface area contributed by atoms with Crippen LogP contribution in [0.1, 0.15) is 27.0 Å². The maximum absolute atomic E-state index is 13.9. The number of Topliss-reactive ketones (excluding diaryl/α,β-unsaturated/α-hetero) is 1. The van der Waals surface area contributed by atoms with Crippen molar-refractivity contribution in [1.82, 2.24) is 0 Å². The molecule has 1 N–H and O–H groups in total. The summed E-state index contributed by atoms with van der Waals surface area (Å²) >= 11 is 0. The number of anilines is 1. The van der Waals surface area contributed by atoms with Gasteiger partial charge in [0, 0.05) is 22.4 Å². The zero-order chi connectivity index (χ0) is 24.5. The molecule has 6 heteroatoms. The molecule has 0 saturated carbocycles. The van der Waals surface area contributed by atoms with Crippen molar-refractivity contribution >= 4 is 23.1 Å². The summed E-state index contributed by atoms with van der Waals surface area (Å²) in [5.74, 6) is -0.908. The van der Waals surface area contributed by atoms with E-state index >= 15 is 0 Å². The molecular formula is C30H22N2O4. The molecular weight excluding hydrogens is 452 g/mol. The molecule has 2 aliphatic rings. The van der Waals surface area contributed by atoms with Gasteiger partial charge in [-0.15, -0.1) is 0 Å². The Hall–Kier alpha value is -4.71. The number of carbonyl (C=O) groups is 2. The Kier molecular flexibility index (Phi) is 5.34. The van der Waals surface area contributed by atoms with E-state index in [0.29, 0.717) is 40.4 Å². The highest BCUT2D eigenvalue weighted by molar-refractivity contribution is 6.24. The van der Waals surface area contributed by atoms with Gasteiger partial charge in [-0.25, -0.2) is 0 Å². The fraction of sp³-hybridized carbons (Fsp3) is 0.100. The summed E-state index contributed by atoms with van der Waals surface area (Å²) in [7, 11) is 0. The molecule has 0 unspecified atom stereocenters. The highest BCUT2D eigenvalue weighted by atomic mass is 16.7. The van der Waals surface area contributed by atoms with Gasteiger partial charge in [0.05, 0.1) is 0 Å². The average molecular weight is 475 g/mol. The minimum Gasteiger partial charge on any atom is -0.489 e. The number of nitrogens with one attached hydrogen (secondary N) is 1. The van der Waals surface area contributed by atoms with Crippen LogP contribution in [0.3, 0.4) is 0 Å². The first-order valence-corrected chi connectivity index (χ1v) is 11.7. The molecule has 36 heavy (non-hydrogen) atoms. The van der Waals surface area contributed by atoms with Crippen LogP contribution in [0.4, 0.5) is 5.69 Å². The number of ether oxygens (including phenoxy) is 1. The lowest BCUT2D eigenvalue weighted by Gasteiger charge is -2.26. The third-order valence-corrected chi connectivity index (χ3v) is 6.60. The molecule has 0 fully saturated rings. The Morgan fingerprint density at radius 2 is 1.53 bits per heavy atom. The van der Waals surface area contributed by atoms with E-state index in [1.807, 2.05) is 72.8 Å². The second-order valence-corrected chi connectivity index (χ2v) is 8.77. The minimum atomic E-state index is -1.57. The molecule has 0 bridgehead atoms. The summed E-state index contributed by atoms with van der Waals surface area (Å²) in [5, 5.41) is 7.21. The summed E-state index contributed by atoms with van der Waals surface area (Å²) in [6.45, 7) is 0.444. The van der Waals surface area contributed by atoms with Crippen LogP contribution in [0.2, 0.25) is 0 Å². The Bertz CT molecular complexity index is 1470. The van der Waals surface area contributed by atoms with E-state index in [2.05, 4.69) is 10.5 Å². The van der Waals surface area contributed by atoms with Gasteiger partial charge in [0.15, 0.2) is 5.78 Å². The zero-order valence-corrected chi connectivity index (χ0v) is 19.3. The lowest BCUT2D eigenvalue weighted by molar-refractivity contribution is -0.140. The second kappa shape index (κ2) is 8.82. The van der Waals surface area contributed by atoms with Gasteiger partial charge < -0.3 is 14.9 Å². The molecule has 6 nitrogen and oxygen atoms in total. The highest BCUT2D eigenvalue weighted by Gasteiger charge is 2.63. The standard InChI is InChI=1S/C30H22N2O4/c33-28(22-11-5-2-6-12-22)26-27(32-36-30(26)24-13-7-8-14-25(24)31-29(30)34)21-15-17-23(18-16-21)35-19-20-9-3-1-4-10-20/h1-18,26H,19H2,(H,31,34)/t26-,30+/m1/s1. The number of ketones is 1. The van der Waals surface area contributed by atoms with Gasteiger partial charge >= 0.3 is 0 Å². The minimum absolute atomic E-state index is 0.233. The van der Waals surface area contributed by atoms with Gasteiger partial charge in [0.2, 0.25) is 0 Å². The van der Waals surface area contributed by atoms with Crippen molar-refractivity contribution in [3.05, 3.63) is 131 Å². The third kappa shape index (κ3) is 3.55. The van der Waals surface area contributed by atoms with E-state index in [1.165, 1.54) is 0 Å². The van der Waals surface area contributed by atoms with Crippen LogP contribution >= 0.6 is 0 Å². The number of nitrogens with zero attached hydrogens (tertiary/aromatic N) is 1. The molecule has 1 amide bonds. The number of benzene rings is 4. The fourth-order valence-electron chi connectivity index (χ4n) is 4.81. The molecule has 0 radical (unpaired) electrons. The van der Waals surface area contributed by atoms with Gasteiger partial charge in [-0.1, -0.05) is 84.0 Å². The second-order valence-electron chi connectivity index (χ2n) is 8.77. The van der Waals surface area contributed by atoms with Crippen LogP contribution in [-0.4, -0.2) is 17.4 Å². The van der Waals surface area contributed by atoms with Crippen LogP contribution in [-0.2, 0) is 21.8 Å². The molecule has 0 aromatic heterocycles. The summed E-state index contributed by atoms with van der Waals surface area (Å²) in [6, 6.07) is 33.4. The molecule has 4 aromatic rings. The van der Waals surface area contributed by atoms with Gasteiger partial charge in [-0.05, 0) is 35.9 Å². The number of fused-ring (bicyclic) bond motifs is 2. The van der Waals surface area contributed by atoms with Crippen molar-refractivity contribution in [1.29, 1.82) is 0 Å². The number of carbonyl (C=O) groups excluding carboxylic acids is 2. The van der Waals surface area contributed by atoms with Crippen molar-refractivity contribution in [2.45, 2.75) is 12.2 Å². The van der Waals surface area contributed by atoms with Crippen LogP contribution in [0.25, 0.3) is 0 Å². The number of para-hydroxylation sites is 1. The van der Waals surface area contributed by atoms with Crippen molar-refractivity contribution in [2.24, 2.45) is 11.1 Å². The van der Waals surface area contributed by atoms with E-state index in [4.69, 9.17) is 9.57 Å². The molecule has 0 saturated heterocycles. The predicted octanol–water partition coefficient (Wildman–Crippen LogP) is 5.35. The molecule has 2 atom stereocenters. The SMILES string of the molecule is O=C(c1ccccc1)[C@H]1C(c2ccc(OCc3ccccc3)cc2)=NO[C@]12C(=O)Nc1ccccc12. The van der Waals surface area contributed by atoms with Crippen LogP contribution < -0.4 is 10.1 Å². The quantitative estimate of drug-likeness (QED) is 0.383. The highest BCUT2D eigenvalue weighted by Crippen LogP contribution is 2.49. The largest absolute Gasteiger partial charge is 0.489 e. The van der Waals surface area contributed by atoms with Crippen molar-refractivity contribution in [3.8, 4) is 5.75 Å². The number of oxime groups is 1. The third-order valence-electron chi connectivity index (χ3n) is 6.60. The Balaban J connectivity index is 1.36. The maximum Gasteiger partial charge on any atom is 0.277 e. The maximum atomic E-state index is 13.9. The Labute approximate surface area is 208 Å². The lowest BCUT2D eigenvalue weighted by Crippen LogP contribution is -2.46. The smallest absolute Gasteiger partial charge is 0.277 e. The molecule has 6 rings (SSSR count). The van der Waals surface area contributed by atoms with E-state index < -0.39 is 17.4 Å². The number of rotatable bonds is 6. The summed E-state index contributed by atoms with van der Waals surface area (Å²) in [6.07, 6.45) is 0. The first-order chi connectivity index (χ1) is 17.7. The summed E-state index contributed by atoms with van der Waals surface area (Å²) < 4.78 is 5.91.